The van der Waals surface area contributed by atoms with Gasteiger partial charge in [-0.25, -0.2) is 0 Å². The normalized spacial score (nSPS) is 22.2. The summed E-state index contributed by atoms with van der Waals surface area (Å²) in [5.74, 6) is -0.0649. The molecule has 0 aliphatic carbocycles. The van der Waals surface area contributed by atoms with E-state index >= 15 is 0 Å². The van der Waals surface area contributed by atoms with Crippen LogP contribution in [0.4, 0.5) is 0 Å². The van der Waals surface area contributed by atoms with Gasteiger partial charge in [-0.05, 0) is 25.1 Å². The maximum Gasteiger partial charge on any atom is 0.270 e. The molecule has 2 atom stereocenters. The maximum atomic E-state index is 12.7. The molecule has 3 rings (SSSR count). The highest BCUT2D eigenvalue weighted by Crippen LogP contribution is 2.23. The standard InChI is InChI=1S/C16H20N2O3/c1-10-4-5-12-11(6-10)7-13(17(12)2)16(20)18-8-14(19)15(9-18)21-3/h4-7,14-15,19H,8-9H2,1-3H3/t14-,15-/m0/s1. The van der Waals surface area contributed by atoms with Crippen LogP contribution in [-0.4, -0.2) is 52.9 Å². The Morgan fingerprint density at radius 2 is 2.10 bits per heavy atom. The quantitative estimate of drug-likeness (QED) is 0.907. The van der Waals surface area contributed by atoms with Gasteiger partial charge >= 0.3 is 0 Å². The number of aliphatic hydroxyl groups is 1. The minimum Gasteiger partial charge on any atom is -0.388 e. The fraction of sp³-hybridized carbons (Fsp3) is 0.438. The average molecular weight is 288 g/mol. The summed E-state index contributed by atoms with van der Waals surface area (Å²) in [4.78, 5) is 14.3. The summed E-state index contributed by atoms with van der Waals surface area (Å²) in [5, 5.41) is 10.9. The number of carbonyl (C=O) groups is 1. The molecule has 0 radical (unpaired) electrons. The van der Waals surface area contributed by atoms with Gasteiger partial charge in [-0.2, -0.15) is 0 Å². The number of ether oxygens (including phenoxy) is 1. The molecule has 21 heavy (non-hydrogen) atoms. The number of hydrogen-bond donors (Lipinski definition) is 1. The number of fused-ring (bicyclic) bond motifs is 1. The Balaban J connectivity index is 1.93. The topological polar surface area (TPSA) is 54.7 Å². The third-order valence-electron chi connectivity index (χ3n) is 4.24. The number of likely N-dealkylation sites (tertiary alicyclic amines) is 1. The van der Waals surface area contributed by atoms with Crippen molar-refractivity contribution in [2.24, 2.45) is 7.05 Å². The monoisotopic (exact) mass is 288 g/mol. The lowest BCUT2D eigenvalue weighted by Crippen LogP contribution is -2.31. The van der Waals surface area contributed by atoms with E-state index in [9.17, 15) is 9.90 Å². The number of carbonyl (C=O) groups excluding carboxylic acids is 1. The van der Waals surface area contributed by atoms with Crippen molar-refractivity contribution in [3.8, 4) is 0 Å². The number of aryl methyl sites for hydroxylation is 2. The van der Waals surface area contributed by atoms with Gasteiger partial charge < -0.3 is 19.3 Å². The molecule has 1 aliphatic rings. The lowest BCUT2D eigenvalue weighted by Gasteiger charge is -2.16. The van der Waals surface area contributed by atoms with Crippen molar-refractivity contribution in [3.63, 3.8) is 0 Å². The molecule has 2 heterocycles. The summed E-state index contributed by atoms with van der Waals surface area (Å²) in [7, 11) is 3.45. The molecule has 0 unspecified atom stereocenters. The first-order chi connectivity index (χ1) is 10.0. The number of β-amino-alcohol motifs (C(OH)–C–C–N with tert-alkyl or cyclic N) is 1. The van der Waals surface area contributed by atoms with Crippen molar-refractivity contribution in [1.29, 1.82) is 0 Å². The van der Waals surface area contributed by atoms with Gasteiger partial charge in [0.05, 0.1) is 6.10 Å². The van der Waals surface area contributed by atoms with Gasteiger partial charge in [0, 0.05) is 38.1 Å². The number of aromatic nitrogens is 1. The molecule has 5 heteroatoms. The number of rotatable bonds is 2. The minimum absolute atomic E-state index is 0.0649. The Hall–Kier alpha value is -1.85. The molecule has 0 spiro atoms. The minimum atomic E-state index is -0.615. The van der Waals surface area contributed by atoms with Crippen LogP contribution in [0.25, 0.3) is 10.9 Å². The van der Waals surface area contributed by atoms with Gasteiger partial charge in [0.2, 0.25) is 0 Å². The predicted octanol–water partition coefficient (Wildman–Crippen LogP) is 1.32. The highest BCUT2D eigenvalue weighted by molar-refractivity contribution is 5.99. The Kier molecular flexibility index (Phi) is 3.47. The zero-order chi connectivity index (χ0) is 15.1. The van der Waals surface area contributed by atoms with Crippen molar-refractivity contribution in [2.45, 2.75) is 19.1 Å². The zero-order valence-corrected chi connectivity index (χ0v) is 12.5. The van der Waals surface area contributed by atoms with Crippen LogP contribution in [0.15, 0.2) is 24.3 Å². The Morgan fingerprint density at radius 1 is 1.33 bits per heavy atom. The first-order valence-electron chi connectivity index (χ1n) is 7.07. The molecule has 1 amide bonds. The van der Waals surface area contributed by atoms with E-state index in [1.807, 2.05) is 36.7 Å². The van der Waals surface area contributed by atoms with Crippen LogP contribution in [0.1, 0.15) is 16.1 Å². The lowest BCUT2D eigenvalue weighted by molar-refractivity contribution is 0.0215. The third-order valence-corrected chi connectivity index (χ3v) is 4.24. The van der Waals surface area contributed by atoms with Crippen molar-refractivity contribution in [1.82, 2.24) is 9.47 Å². The molecule has 0 saturated carbocycles. The lowest BCUT2D eigenvalue weighted by atomic mass is 10.2. The Morgan fingerprint density at radius 3 is 2.76 bits per heavy atom. The summed E-state index contributed by atoms with van der Waals surface area (Å²) >= 11 is 0. The van der Waals surface area contributed by atoms with Crippen molar-refractivity contribution in [2.75, 3.05) is 20.2 Å². The fourth-order valence-corrected chi connectivity index (χ4v) is 2.99. The average Bonchev–Trinajstić information content (AvgIpc) is 2.99. The molecule has 1 aromatic carbocycles. The van der Waals surface area contributed by atoms with Crippen molar-refractivity contribution in [3.05, 3.63) is 35.5 Å². The van der Waals surface area contributed by atoms with E-state index in [1.165, 1.54) is 5.56 Å². The molecule has 1 aliphatic heterocycles. The third kappa shape index (κ3) is 2.32. The first kappa shape index (κ1) is 14.1. The van der Waals surface area contributed by atoms with Gasteiger partial charge in [-0.1, -0.05) is 11.6 Å². The number of benzene rings is 1. The molecular formula is C16H20N2O3. The number of aliphatic hydroxyl groups excluding tert-OH is 1. The molecule has 5 nitrogen and oxygen atoms in total. The fourth-order valence-electron chi connectivity index (χ4n) is 2.99. The summed E-state index contributed by atoms with van der Waals surface area (Å²) in [6, 6.07) is 8.05. The predicted molar refractivity (Wildman–Crippen MR) is 80.4 cm³/mol. The smallest absolute Gasteiger partial charge is 0.270 e. The summed E-state index contributed by atoms with van der Waals surface area (Å²) < 4.78 is 7.10. The second kappa shape index (κ2) is 5.16. The summed E-state index contributed by atoms with van der Waals surface area (Å²) in [6.45, 7) is 2.78. The molecule has 1 N–H and O–H groups in total. The van der Waals surface area contributed by atoms with E-state index < -0.39 is 6.10 Å². The summed E-state index contributed by atoms with van der Waals surface area (Å²) in [5.41, 5.74) is 2.84. The van der Waals surface area contributed by atoms with E-state index in [4.69, 9.17) is 4.74 Å². The van der Waals surface area contributed by atoms with Crippen LogP contribution in [0.5, 0.6) is 0 Å². The van der Waals surface area contributed by atoms with E-state index in [1.54, 1.807) is 12.0 Å². The second-order valence-corrected chi connectivity index (χ2v) is 5.70. The van der Waals surface area contributed by atoms with E-state index in [2.05, 4.69) is 6.07 Å². The first-order valence-corrected chi connectivity index (χ1v) is 7.07. The molecule has 1 aromatic heterocycles. The van der Waals surface area contributed by atoms with Gasteiger partial charge in [0.15, 0.2) is 0 Å². The molecule has 2 aromatic rings. The van der Waals surface area contributed by atoms with Gasteiger partial charge in [-0.3, -0.25) is 4.79 Å². The van der Waals surface area contributed by atoms with Crippen LogP contribution in [0.3, 0.4) is 0 Å². The molecule has 1 fully saturated rings. The number of nitrogens with zero attached hydrogens (tertiary/aromatic N) is 2. The van der Waals surface area contributed by atoms with E-state index in [0.717, 1.165) is 10.9 Å². The SMILES string of the molecule is CO[C@H]1CN(C(=O)c2cc3cc(C)ccc3n2C)C[C@@H]1O. The summed E-state index contributed by atoms with van der Waals surface area (Å²) in [6.07, 6.45) is -0.915. The number of hydrogen-bond acceptors (Lipinski definition) is 3. The van der Waals surface area contributed by atoms with Crippen LogP contribution in [0.2, 0.25) is 0 Å². The largest absolute Gasteiger partial charge is 0.388 e. The van der Waals surface area contributed by atoms with Gasteiger partial charge in [0.25, 0.3) is 5.91 Å². The highest BCUT2D eigenvalue weighted by atomic mass is 16.5. The number of amides is 1. The Bertz CT molecular complexity index is 692. The molecule has 0 bridgehead atoms. The zero-order valence-electron chi connectivity index (χ0n) is 12.5. The van der Waals surface area contributed by atoms with E-state index in [0.29, 0.717) is 18.8 Å². The second-order valence-electron chi connectivity index (χ2n) is 5.70. The molecule has 1 saturated heterocycles. The van der Waals surface area contributed by atoms with Gasteiger partial charge in [-0.15, -0.1) is 0 Å². The van der Waals surface area contributed by atoms with Gasteiger partial charge in [0.1, 0.15) is 11.8 Å². The molecular weight excluding hydrogens is 268 g/mol. The Labute approximate surface area is 123 Å². The van der Waals surface area contributed by atoms with Crippen molar-refractivity contribution >= 4 is 16.8 Å². The van der Waals surface area contributed by atoms with E-state index in [-0.39, 0.29) is 12.0 Å². The highest BCUT2D eigenvalue weighted by Gasteiger charge is 2.35. The maximum absolute atomic E-state index is 12.7. The van der Waals surface area contributed by atoms with Crippen molar-refractivity contribution < 1.29 is 14.6 Å². The number of methoxy groups -OCH3 is 1. The van der Waals surface area contributed by atoms with Crippen LogP contribution < -0.4 is 0 Å². The van der Waals surface area contributed by atoms with Crippen LogP contribution in [0, 0.1) is 6.92 Å². The van der Waals surface area contributed by atoms with Crippen LogP contribution in [-0.2, 0) is 11.8 Å². The van der Waals surface area contributed by atoms with Crippen LogP contribution >= 0.6 is 0 Å². The molecule has 112 valence electrons.